The van der Waals surface area contributed by atoms with Crippen molar-refractivity contribution < 1.29 is 19.4 Å². The minimum Gasteiger partial charge on any atom is -0.384 e. The average molecular weight is 507 g/mol. The van der Waals surface area contributed by atoms with E-state index in [9.17, 15) is 19.4 Å². The molecule has 1 amide bonds. The van der Waals surface area contributed by atoms with Gasteiger partial charge in [0.25, 0.3) is 5.91 Å². The first-order chi connectivity index (χ1) is 17.4. The number of hydrogen-bond donors (Lipinski definition) is 3. The number of aliphatic hydroxyl groups is 2. The number of halogens is 1. The number of nitrogens with one attached hydrogen (secondary N) is 1. The summed E-state index contributed by atoms with van der Waals surface area (Å²) in [5, 5.41) is 38.2. The molecule has 2 aliphatic rings. The molecule has 2 saturated carbocycles. The molecule has 2 fully saturated rings. The first-order valence-electron chi connectivity index (χ1n) is 12.4. The maximum absolute atomic E-state index is 13.7. The first-order valence-corrected chi connectivity index (χ1v) is 12.4. The maximum Gasteiger partial charge on any atom is 0.274 e. The van der Waals surface area contributed by atoms with Crippen LogP contribution in [0, 0.1) is 29.0 Å². The fourth-order valence-corrected chi connectivity index (χ4v) is 6.20. The van der Waals surface area contributed by atoms with E-state index in [0.717, 1.165) is 18.9 Å². The summed E-state index contributed by atoms with van der Waals surface area (Å²) in [5.41, 5.74) is 0.482. The summed E-state index contributed by atoms with van der Waals surface area (Å²) >= 11 is 0. The third-order valence-corrected chi connectivity index (χ3v) is 7.94. The number of rotatable bonds is 5. The van der Waals surface area contributed by atoms with Crippen LogP contribution in [0.25, 0.3) is 0 Å². The average Bonchev–Trinajstić information content (AvgIpc) is 3.56. The van der Waals surface area contributed by atoms with E-state index in [1.807, 2.05) is 0 Å². The van der Waals surface area contributed by atoms with E-state index in [0.29, 0.717) is 41.3 Å². The van der Waals surface area contributed by atoms with Gasteiger partial charge in [0.2, 0.25) is 0 Å². The molecule has 1 aromatic carbocycles. The van der Waals surface area contributed by atoms with Gasteiger partial charge < -0.3 is 20.1 Å². The Morgan fingerprint density at radius 1 is 1.24 bits per heavy atom. The Kier molecular flexibility index (Phi) is 5.96. The van der Waals surface area contributed by atoms with E-state index in [1.54, 1.807) is 55.7 Å². The molecule has 0 radical (unpaired) electrons. The Labute approximate surface area is 214 Å². The molecule has 2 unspecified atom stereocenters. The smallest absolute Gasteiger partial charge is 0.274 e. The summed E-state index contributed by atoms with van der Waals surface area (Å²) in [7, 11) is 3.55. The Morgan fingerprint density at radius 2 is 1.92 bits per heavy atom. The number of aryl methyl sites for hydroxylation is 2. The van der Waals surface area contributed by atoms with Crippen LogP contribution in [0.4, 0.5) is 10.1 Å². The highest BCUT2D eigenvalue weighted by Gasteiger charge is 2.52. The SMILES string of the molecule is Cn1cnc(C2CC3CC(O)(c4cc(C(C)(C)O)nn4C)CC3C2)c1C(=O)Nc1ccc(F)c(C#N)c1. The van der Waals surface area contributed by atoms with Gasteiger partial charge in [0.1, 0.15) is 28.8 Å². The first kappa shape index (κ1) is 25.1. The van der Waals surface area contributed by atoms with Gasteiger partial charge in [-0.1, -0.05) is 0 Å². The van der Waals surface area contributed by atoms with Crippen molar-refractivity contribution in [2.24, 2.45) is 25.9 Å². The Morgan fingerprint density at radius 3 is 2.51 bits per heavy atom. The highest BCUT2D eigenvalue weighted by molar-refractivity contribution is 6.04. The van der Waals surface area contributed by atoms with Crippen molar-refractivity contribution in [2.75, 3.05) is 5.32 Å². The molecule has 9 nitrogen and oxygen atoms in total. The molecule has 2 aromatic heterocycles. The molecule has 10 heteroatoms. The lowest BCUT2D eigenvalue weighted by Gasteiger charge is -2.25. The van der Waals surface area contributed by atoms with Gasteiger partial charge in [-0.25, -0.2) is 9.37 Å². The number of hydrogen-bond acceptors (Lipinski definition) is 6. The lowest BCUT2D eigenvalue weighted by atomic mass is 9.89. The molecule has 3 N–H and O–H groups in total. The van der Waals surface area contributed by atoms with Crippen LogP contribution >= 0.6 is 0 Å². The Balaban J connectivity index is 1.32. The van der Waals surface area contributed by atoms with Gasteiger partial charge in [0.15, 0.2) is 0 Å². The van der Waals surface area contributed by atoms with Crippen LogP contribution in [0.15, 0.2) is 30.6 Å². The van der Waals surface area contributed by atoms with Crippen molar-refractivity contribution in [3.05, 3.63) is 64.7 Å². The zero-order valence-corrected chi connectivity index (χ0v) is 21.4. The summed E-state index contributed by atoms with van der Waals surface area (Å²) in [4.78, 5) is 17.8. The van der Waals surface area contributed by atoms with Gasteiger partial charge in [-0.15, -0.1) is 0 Å². The molecule has 37 heavy (non-hydrogen) atoms. The van der Waals surface area contributed by atoms with E-state index >= 15 is 0 Å². The van der Waals surface area contributed by atoms with Gasteiger partial charge in [-0.3, -0.25) is 9.48 Å². The quantitative estimate of drug-likeness (QED) is 0.486. The van der Waals surface area contributed by atoms with Crippen LogP contribution < -0.4 is 5.32 Å². The summed E-state index contributed by atoms with van der Waals surface area (Å²) in [5.74, 6) is -0.398. The van der Waals surface area contributed by atoms with Crippen LogP contribution in [0.1, 0.15) is 78.6 Å². The Hall–Kier alpha value is -3.55. The van der Waals surface area contributed by atoms with Crippen LogP contribution in [0.2, 0.25) is 0 Å². The van der Waals surface area contributed by atoms with Crippen LogP contribution in [0.3, 0.4) is 0 Å². The topological polar surface area (TPSA) is 129 Å². The van der Waals surface area contributed by atoms with Crippen LogP contribution in [0.5, 0.6) is 0 Å². The molecular weight excluding hydrogens is 475 g/mol. The molecule has 194 valence electrons. The third-order valence-electron chi connectivity index (χ3n) is 7.94. The number of carbonyl (C=O) groups excluding carboxylic acids is 1. The standard InChI is InChI=1S/C27H31FN6O3/c1-26(2,36)21-10-22(34(4)32-21)27(37)11-16-7-15(8-17(16)12-27)23-24(33(3)14-30-23)25(35)31-19-5-6-20(28)18(9-19)13-29/h5-6,9-10,14-17,36-37H,7-8,11-12H2,1-4H3,(H,31,35). The lowest BCUT2D eigenvalue weighted by molar-refractivity contribution is 0.0263. The molecule has 2 aliphatic carbocycles. The predicted octanol–water partition coefficient (Wildman–Crippen LogP) is 3.44. The zero-order chi connectivity index (χ0) is 26.7. The summed E-state index contributed by atoms with van der Waals surface area (Å²) < 4.78 is 17.0. The number of nitrogens with zero attached hydrogens (tertiary/aromatic N) is 5. The molecule has 0 aliphatic heterocycles. The third kappa shape index (κ3) is 4.43. The second kappa shape index (κ2) is 8.78. The molecule has 3 aromatic rings. The second-order valence-electron chi connectivity index (χ2n) is 11.1. The predicted molar refractivity (Wildman–Crippen MR) is 133 cm³/mol. The molecular formula is C27H31FN6O3. The summed E-state index contributed by atoms with van der Waals surface area (Å²) in [6, 6.07) is 7.47. The van der Waals surface area contributed by atoms with Crippen molar-refractivity contribution in [1.29, 1.82) is 5.26 Å². The van der Waals surface area contributed by atoms with Crippen LogP contribution in [-0.2, 0) is 25.3 Å². The molecule has 5 rings (SSSR count). The van der Waals surface area contributed by atoms with E-state index in [4.69, 9.17) is 5.26 Å². The van der Waals surface area contributed by atoms with Gasteiger partial charge in [0.05, 0.1) is 29.0 Å². The molecule has 2 heterocycles. The summed E-state index contributed by atoms with van der Waals surface area (Å²) in [6.45, 7) is 3.35. The minimum absolute atomic E-state index is 0.0721. The number of anilines is 1. The van der Waals surface area contributed by atoms with Crippen LogP contribution in [-0.4, -0.2) is 35.5 Å². The van der Waals surface area contributed by atoms with E-state index in [-0.39, 0.29) is 29.2 Å². The normalized spacial score (nSPS) is 25.2. The fourth-order valence-electron chi connectivity index (χ4n) is 6.20. The number of benzene rings is 1. The minimum atomic E-state index is -1.09. The van der Waals surface area contributed by atoms with E-state index in [1.165, 1.54) is 12.1 Å². The molecule has 2 atom stereocenters. The lowest BCUT2D eigenvalue weighted by Crippen LogP contribution is -2.26. The molecule has 0 spiro atoms. The summed E-state index contributed by atoms with van der Waals surface area (Å²) in [6.07, 6.45) is 4.39. The number of amides is 1. The highest BCUT2D eigenvalue weighted by atomic mass is 19.1. The van der Waals surface area contributed by atoms with Gasteiger partial charge in [-0.05, 0) is 75.6 Å². The number of fused-ring (bicyclic) bond motifs is 1. The van der Waals surface area contributed by atoms with Gasteiger partial charge in [0, 0.05) is 25.7 Å². The van der Waals surface area contributed by atoms with Crippen molar-refractivity contribution in [1.82, 2.24) is 19.3 Å². The monoisotopic (exact) mass is 506 g/mol. The van der Waals surface area contributed by atoms with Crippen molar-refractivity contribution in [3.8, 4) is 6.07 Å². The largest absolute Gasteiger partial charge is 0.384 e. The Bertz CT molecular complexity index is 1400. The van der Waals surface area contributed by atoms with Gasteiger partial charge in [-0.2, -0.15) is 10.4 Å². The number of imidazole rings is 1. The van der Waals surface area contributed by atoms with Crippen molar-refractivity contribution in [2.45, 2.75) is 56.7 Å². The highest BCUT2D eigenvalue weighted by Crippen LogP contribution is 2.57. The molecule has 0 bridgehead atoms. The van der Waals surface area contributed by atoms with E-state index in [2.05, 4.69) is 15.4 Å². The fraction of sp³-hybridized carbons (Fsp3) is 0.481. The van der Waals surface area contributed by atoms with E-state index < -0.39 is 17.0 Å². The van der Waals surface area contributed by atoms with Gasteiger partial charge >= 0.3 is 0 Å². The number of nitriles is 1. The number of carbonyl (C=O) groups is 1. The second-order valence-corrected chi connectivity index (χ2v) is 11.1. The maximum atomic E-state index is 13.7. The number of aromatic nitrogens is 4. The van der Waals surface area contributed by atoms with Crippen molar-refractivity contribution >= 4 is 11.6 Å². The van der Waals surface area contributed by atoms with Crippen molar-refractivity contribution in [3.63, 3.8) is 0 Å². The molecule has 0 saturated heterocycles. The zero-order valence-electron chi connectivity index (χ0n) is 21.4.